The topological polar surface area (TPSA) is 44.5 Å². The highest BCUT2D eigenvalue weighted by molar-refractivity contribution is 5.43. The molecular weight excluding hydrogens is 214 g/mol. The van der Waals surface area contributed by atoms with Crippen molar-refractivity contribution in [2.24, 2.45) is 11.1 Å². The van der Waals surface area contributed by atoms with Crippen LogP contribution in [0.2, 0.25) is 0 Å². The zero-order valence-electron chi connectivity index (χ0n) is 10.9. The number of rotatable bonds is 4. The molecule has 2 N–H and O–H groups in total. The minimum Gasteiger partial charge on any atom is -0.496 e. The lowest BCUT2D eigenvalue weighted by atomic mass is 9.79. The van der Waals surface area contributed by atoms with Crippen LogP contribution in [0.25, 0.3) is 0 Å². The van der Waals surface area contributed by atoms with Crippen molar-refractivity contribution in [3.05, 3.63) is 28.8 Å². The Kier molecular flexibility index (Phi) is 3.40. The van der Waals surface area contributed by atoms with Gasteiger partial charge in [-0.25, -0.2) is 0 Å². The summed E-state index contributed by atoms with van der Waals surface area (Å²) >= 11 is 0. The second-order valence-corrected chi connectivity index (χ2v) is 5.14. The summed E-state index contributed by atoms with van der Waals surface area (Å²) < 4.78 is 10.7. The Morgan fingerprint density at radius 2 is 1.88 bits per heavy atom. The van der Waals surface area contributed by atoms with Gasteiger partial charge >= 0.3 is 0 Å². The molecule has 0 aromatic heterocycles. The lowest BCUT2D eigenvalue weighted by Gasteiger charge is -2.40. The van der Waals surface area contributed by atoms with Gasteiger partial charge < -0.3 is 15.2 Å². The zero-order chi connectivity index (χ0) is 12.5. The average molecular weight is 235 g/mol. The van der Waals surface area contributed by atoms with Gasteiger partial charge in [-0.3, -0.25) is 0 Å². The van der Waals surface area contributed by atoms with Crippen LogP contribution >= 0.6 is 0 Å². The monoisotopic (exact) mass is 235 g/mol. The molecule has 1 aliphatic heterocycles. The molecule has 1 saturated heterocycles. The van der Waals surface area contributed by atoms with Gasteiger partial charge in [-0.1, -0.05) is 12.1 Å². The quantitative estimate of drug-likeness (QED) is 0.866. The molecule has 3 nitrogen and oxygen atoms in total. The molecule has 94 valence electrons. The smallest absolute Gasteiger partial charge is 0.124 e. The van der Waals surface area contributed by atoms with Gasteiger partial charge in [-0.2, -0.15) is 0 Å². The summed E-state index contributed by atoms with van der Waals surface area (Å²) in [5, 5.41) is 0. The van der Waals surface area contributed by atoms with E-state index in [4.69, 9.17) is 15.2 Å². The van der Waals surface area contributed by atoms with E-state index in [1.165, 1.54) is 16.7 Å². The average Bonchev–Trinajstić information content (AvgIpc) is 2.23. The second-order valence-electron chi connectivity index (χ2n) is 5.14. The van der Waals surface area contributed by atoms with E-state index in [-0.39, 0.29) is 5.41 Å². The van der Waals surface area contributed by atoms with E-state index in [1.54, 1.807) is 7.11 Å². The maximum Gasteiger partial charge on any atom is 0.124 e. The van der Waals surface area contributed by atoms with Gasteiger partial charge in [0.1, 0.15) is 5.75 Å². The van der Waals surface area contributed by atoms with E-state index < -0.39 is 0 Å². The summed E-state index contributed by atoms with van der Waals surface area (Å²) in [5.74, 6) is 0.986. The second kappa shape index (κ2) is 4.67. The highest BCUT2D eigenvalue weighted by Gasteiger charge is 2.37. The minimum absolute atomic E-state index is 0.160. The first-order valence-corrected chi connectivity index (χ1v) is 6.02. The molecule has 1 aromatic carbocycles. The molecule has 1 fully saturated rings. The van der Waals surface area contributed by atoms with Crippen LogP contribution in [0, 0.1) is 19.3 Å². The number of hydrogen-bond donors (Lipinski definition) is 1. The van der Waals surface area contributed by atoms with Crippen molar-refractivity contribution in [3.8, 4) is 5.75 Å². The molecule has 0 spiro atoms. The highest BCUT2D eigenvalue weighted by Crippen LogP contribution is 2.33. The van der Waals surface area contributed by atoms with E-state index in [2.05, 4.69) is 26.0 Å². The summed E-state index contributed by atoms with van der Waals surface area (Å²) in [4.78, 5) is 0. The van der Waals surface area contributed by atoms with Crippen LogP contribution in [0.1, 0.15) is 16.7 Å². The summed E-state index contributed by atoms with van der Waals surface area (Å²) in [6, 6.07) is 4.39. The van der Waals surface area contributed by atoms with Crippen LogP contribution in [0.5, 0.6) is 5.75 Å². The van der Waals surface area contributed by atoms with E-state index in [0.717, 1.165) is 25.4 Å². The first kappa shape index (κ1) is 12.4. The van der Waals surface area contributed by atoms with E-state index in [1.807, 2.05) is 0 Å². The Hall–Kier alpha value is -1.06. The molecule has 3 heteroatoms. The van der Waals surface area contributed by atoms with Gasteiger partial charge in [-0.05, 0) is 37.0 Å². The van der Waals surface area contributed by atoms with E-state index >= 15 is 0 Å². The van der Waals surface area contributed by atoms with Crippen molar-refractivity contribution in [3.63, 3.8) is 0 Å². The van der Waals surface area contributed by atoms with Gasteiger partial charge in [0, 0.05) is 12.0 Å². The van der Waals surface area contributed by atoms with Gasteiger partial charge in [0.05, 0.1) is 20.3 Å². The fraction of sp³-hybridized carbons (Fsp3) is 0.571. The third-order valence-electron chi connectivity index (χ3n) is 3.55. The molecule has 0 aliphatic carbocycles. The predicted molar refractivity (Wildman–Crippen MR) is 68.5 cm³/mol. The summed E-state index contributed by atoms with van der Waals surface area (Å²) in [7, 11) is 1.72. The summed E-state index contributed by atoms with van der Waals surface area (Å²) in [6.45, 7) is 6.43. The van der Waals surface area contributed by atoms with E-state index in [0.29, 0.717) is 6.54 Å². The lowest BCUT2D eigenvalue weighted by molar-refractivity contribution is -0.106. The van der Waals surface area contributed by atoms with Crippen molar-refractivity contribution < 1.29 is 9.47 Å². The number of aryl methyl sites for hydroxylation is 2. The molecule has 17 heavy (non-hydrogen) atoms. The lowest BCUT2D eigenvalue weighted by Crippen LogP contribution is -2.49. The SMILES string of the molecule is COc1c(C)cc(CC2(CN)COC2)cc1C. The third-order valence-corrected chi connectivity index (χ3v) is 3.55. The highest BCUT2D eigenvalue weighted by atomic mass is 16.5. The fourth-order valence-corrected chi connectivity index (χ4v) is 2.58. The molecule has 0 unspecified atom stereocenters. The first-order valence-electron chi connectivity index (χ1n) is 6.02. The molecule has 1 aromatic rings. The largest absolute Gasteiger partial charge is 0.496 e. The Morgan fingerprint density at radius 3 is 2.24 bits per heavy atom. The van der Waals surface area contributed by atoms with Crippen LogP contribution < -0.4 is 10.5 Å². The fourth-order valence-electron chi connectivity index (χ4n) is 2.58. The van der Waals surface area contributed by atoms with Crippen LogP contribution in [0.3, 0.4) is 0 Å². The van der Waals surface area contributed by atoms with Crippen molar-refractivity contribution in [2.45, 2.75) is 20.3 Å². The summed E-state index contributed by atoms with van der Waals surface area (Å²) in [6.07, 6.45) is 0.995. The Labute approximate surface area is 103 Å². The minimum atomic E-state index is 0.160. The van der Waals surface area contributed by atoms with Crippen molar-refractivity contribution >= 4 is 0 Å². The van der Waals surface area contributed by atoms with Crippen LogP contribution in [-0.4, -0.2) is 26.9 Å². The molecule has 2 rings (SSSR count). The van der Waals surface area contributed by atoms with Crippen molar-refractivity contribution in [1.29, 1.82) is 0 Å². The Balaban J connectivity index is 2.22. The van der Waals surface area contributed by atoms with Gasteiger partial charge in [0.25, 0.3) is 0 Å². The normalized spacial score (nSPS) is 17.6. The Bertz CT molecular complexity index is 382. The Morgan fingerprint density at radius 1 is 1.29 bits per heavy atom. The van der Waals surface area contributed by atoms with Gasteiger partial charge in [-0.15, -0.1) is 0 Å². The summed E-state index contributed by atoms with van der Waals surface area (Å²) in [5.41, 5.74) is 9.71. The molecule has 0 radical (unpaired) electrons. The maximum atomic E-state index is 5.84. The number of methoxy groups -OCH3 is 1. The van der Waals surface area contributed by atoms with Crippen LogP contribution in [0.15, 0.2) is 12.1 Å². The number of benzene rings is 1. The maximum absolute atomic E-state index is 5.84. The molecule has 1 heterocycles. The number of nitrogens with two attached hydrogens (primary N) is 1. The van der Waals surface area contributed by atoms with Crippen molar-refractivity contribution in [1.82, 2.24) is 0 Å². The molecule has 0 saturated carbocycles. The van der Waals surface area contributed by atoms with Gasteiger partial charge in [0.15, 0.2) is 0 Å². The predicted octanol–water partition coefficient (Wildman–Crippen LogP) is 1.83. The van der Waals surface area contributed by atoms with Gasteiger partial charge in [0.2, 0.25) is 0 Å². The first-order chi connectivity index (χ1) is 8.10. The molecule has 0 amide bonds. The molecule has 0 bridgehead atoms. The van der Waals surface area contributed by atoms with Crippen LogP contribution in [0.4, 0.5) is 0 Å². The molecule has 0 atom stereocenters. The standard InChI is InChI=1S/C14H21NO2/c1-10-4-12(5-11(2)13(10)16-3)6-14(7-15)8-17-9-14/h4-5H,6-9,15H2,1-3H3. The molecule has 1 aliphatic rings. The number of ether oxygens (including phenoxy) is 2. The van der Waals surface area contributed by atoms with Crippen LogP contribution in [-0.2, 0) is 11.2 Å². The zero-order valence-corrected chi connectivity index (χ0v) is 10.9. The number of hydrogen-bond acceptors (Lipinski definition) is 3. The third kappa shape index (κ3) is 2.31. The molecular formula is C14H21NO2. The van der Waals surface area contributed by atoms with Crippen molar-refractivity contribution in [2.75, 3.05) is 26.9 Å². The van der Waals surface area contributed by atoms with E-state index in [9.17, 15) is 0 Å².